The Morgan fingerprint density at radius 3 is 1.62 bits per heavy atom. The molecule has 0 aromatic carbocycles. The van der Waals surface area contributed by atoms with Crippen molar-refractivity contribution in [3.05, 3.63) is 0 Å². The van der Waals surface area contributed by atoms with E-state index < -0.39 is 40.8 Å². The molecule has 0 aromatic heterocycles. The van der Waals surface area contributed by atoms with Gasteiger partial charge in [-0.05, 0) is 0 Å². The third-order valence-corrected chi connectivity index (χ3v) is 2.86. The maximum absolute atomic E-state index is 12.7. The fourth-order valence-corrected chi connectivity index (χ4v) is 1.91. The van der Waals surface area contributed by atoms with Crippen LogP contribution in [0, 0.1) is 0 Å². The van der Waals surface area contributed by atoms with Crippen LogP contribution >= 0.6 is 11.8 Å². The molecule has 0 aliphatic carbocycles. The summed E-state index contributed by atoms with van der Waals surface area (Å²) in [4.78, 5) is 0. The summed E-state index contributed by atoms with van der Waals surface area (Å²) in [5, 5.41) is -4.75. The van der Waals surface area contributed by atoms with Crippen molar-refractivity contribution in [2.24, 2.45) is 0 Å². The average Bonchev–Trinajstić information content (AvgIpc) is 2.12. The number of halogens is 7. The molecular formula is C5H3F7S. The lowest BCUT2D eigenvalue weighted by molar-refractivity contribution is -0.239. The first-order valence-electron chi connectivity index (χ1n) is 3.02. The van der Waals surface area contributed by atoms with Crippen LogP contribution in [-0.4, -0.2) is 29.0 Å². The van der Waals surface area contributed by atoms with Crippen LogP contribution in [0.2, 0.25) is 0 Å². The average molecular weight is 228 g/mol. The molecule has 1 heterocycles. The Balaban J connectivity index is 3.14. The van der Waals surface area contributed by atoms with Crippen LogP contribution in [-0.2, 0) is 0 Å². The van der Waals surface area contributed by atoms with Crippen LogP contribution in [0.15, 0.2) is 0 Å². The fourth-order valence-electron chi connectivity index (χ4n) is 0.891. The molecule has 0 spiro atoms. The smallest absolute Gasteiger partial charge is 0.223 e. The van der Waals surface area contributed by atoms with Crippen LogP contribution in [0.25, 0.3) is 0 Å². The van der Waals surface area contributed by atoms with E-state index in [1.165, 1.54) is 0 Å². The van der Waals surface area contributed by atoms with Crippen LogP contribution in [0.5, 0.6) is 0 Å². The molecule has 0 radical (unpaired) electrons. The van der Waals surface area contributed by atoms with Gasteiger partial charge in [-0.25, -0.2) is 22.0 Å². The quantitative estimate of drug-likeness (QED) is 0.622. The van der Waals surface area contributed by atoms with E-state index in [0.717, 1.165) is 0 Å². The number of hydrogen-bond donors (Lipinski definition) is 0. The van der Waals surface area contributed by atoms with Gasteiger partial charge in [0.15, 0.2) is 0 Å². The van der Waals surface area contributed by atoms with Crippen molar-refractivity contribution in [1.29, 1.82) is 0 Å². The standard InChI is InChI=1S/C5H3F7S/c6-2(7)4(10)3(8,9)1-13-5(4,11)12/h2H,1H2. The van der Waals surface area contributed by atoms with Crippen molar-refractivity contribution >= 4 is 11.8 Å². The summed E-state index contributed by atoms with van der Waals surface area (Å²) in [6.45, 7) is 0. The Labute approximate surface area is 72.5 Å². The van der Waals surface area contributed by atoms with Gasteiger partial charge in [-0.15, -0.1) is 0 Å². The molecule has 0 nitrogen and oxygen atoms in total. The number of rotatable bonds is 1. The number of hydrogen-bond acceptors (Lipinski definition) is 1. The second-order valence-electron chi connectivity index (χ2n) is 2.52. The van der Waals surface area contributed by atoms with Crippen molar-refractivity contribution < 1.29 is 30.7 Å². The zero-order valence-corrected chi connectivity index (χ0v) is 6.65. The monoisotopic (exact) mass is 228 g/mol. The molecule has 13 heavy (non-hydrogen) atoms. The lowest BCUT2D eigenvalue weighted by Crippen LogP contribution is -2.56. The molecule has 0 bridgehead atoms. The summed E-state index contributed by atoms with van der Waals surface area (Å²) in [5.74, 6) is -6.34. The first-order valence-corrected chi connectivity index (χ1v) is 4.00. The maximum atomic E-state index is 12.7. The molecule has 0 saturated carbocycles. The first kappa shape index (κ1) is 10.9. The molecule has 1 unspecified atom stereocenters. The molecule has 1 fully saturated rings. The summed E-state index contributed by atoms with van der Waals surface area (Å²) in [5.41, 5.74) is -5.05. The van der Waals surface area contributed by atoms with E-state index in [1.807, 2.05) is 0 Å². The molecular weight excluding hydrogens is 225 g/mol. The second-order valence-corrected chi connectivity index (χ2v) is 3.61. The van der Waals surface area contributed by atoms with Crippen molar-refractivity contribution in [2.45, 2.75) is 23.3 Å². The molecule has 1 aliphatic heterocycles. The van der Waals surface area contributed by atoms with E-state index in [4.69, 9.17) is 0 Å². The molecule has 8 heteroatoms. The van der Waals surface area contributed by atoms with Crippen LogP contribution in [0.1, 0.15) is 0 Å². The van der Waals surface area contributed by atoms with Crippen molar-refractivity contribution in [3.63, 3.8) is 0 Å². The zero-order valence-electron chi connectivity index (χ0n) is 5.84. The summed E-state index contributed by atoms with van der Waals surface area (Å²) in [7, 11) is 0. The van der Waals surface area contributed by atoms with E-state index in [2.05, 4.69) is 0 Å². The molecule has 0 aromatic rings. The highest BCUT2D eigenvalue weighted by molar-refractivity contribution is 8.00. The highest BCUT2D eigenvalue weighted by atomic mass is 32.2. The van der Waals surface area contributed by atoms with Gasteiger partial charge in [-0.2, -0.15) is 8.78 Å². The molecule has 1 aliphatic rings. The van der Waals surface area contributed by atoms with E-state index in [9.17, 15) is 30.7 Å². The second kappa shape index (κ2) is 2.68. The number of alkyl halides is 7. The minimum atomic E-state index is -5.05. The first-order chi connectivity index (χ1) is 5.65. The van der Waals surface area contributed by atoms with Gasteiger partial charge in [-0.3, -0.25) is 0 Å². The minimum absolute atomic E-state index is 0.797. The molecule has 78 valence electrons. The van der Waals surface area contributed by atoms with Gasteiger partial charge in [0, 0.05) is 0 Å². The summed E-state index contributed by atoms with van der Waals surface area (Å²) < 4.78 is 85.8. The van der Waals surface area contributed by atoms with Gasteiger partial charge in [0.05, 0.1) is 5.75 Å². The Bertz CT molecular complexity index is 197. The Kier molecular flexibility index (Phi) is 2.25. The van der Waals surface area contributed by atoms with Gasteiger partial charge in [-0.1, -0.05) is 11.8 Å². The largest absolute Gasteiger partial charge is 0.339 e. The van der Waals surface area contributed by atoms with Gasteiger partial charge in [0.2, 0.25) is 0 Å². The Morgan fingerprint density at radius 2 is 1.46 bits per heavy atom. The Hall–Kier alpha value is -0.140. The van der Waals surface area contributed by atoms with Crippen LogP contribution < -0.4 is 0 Å². The van der Waals surface area contributed by atoms with E-state index in [-0.39, 0.29) is 0 Å². The summed E-state index contributed by atoms with van der Waals surface area (Å²) >= 11 is -0.797. The highest BCUT2D eigenvalue weighted by Gasteiger charge is 2.80. The van der Waals surface area contributed by atoms with Gasteiger partial charge in [0.25, 0.3) is 6.43 Å². The van der Waals surface area contributed by atoms with Crippen LogP contribution in [0.3, 0.4) is 0 Å². The fraction of sp³-hybridized carbons (Fsp3) is 1.00. The zero-order chi connectivity index (χ0) is 10.5. The predicted octanol–water partition coefficient (Wildman–Crippen LogP) is 2.93. The van der Waals surface area contributed by atoms with E-state index in [0.29, 0.717) is 0 Å². The van der Waals surface area contributed by atoms with Gasteiger partial charge >= 0.3 is 16.8 Å². The van der Waals surface area contributed by atoms with Crippen molar-refractivity contribution in [3.8, 4) is 0 Å². The normalized spacial score (nSPS) is 36.9. The lowest BCUT2D eigenvalue weighted by Gasteiger charge is -2.28. The van der Waals surface area contributed by atoms with Crippen molar-refractivity contribution in [1.82, 2.24) is 0 Å². The maximum Gasteiger partial charge on any atom is 0.339 e. The van der Waals surface area contributed by atoms with E-state index >= 15 is 0 Å². The summed E-state index contributed by atoms with van der Waals surface area (Å²) in [6.07, 6.45) is -4.41. The molecule has 1 rings (SSSR count). The van der Waals surface area contributed by atoms with Crippen LogP contribution in [0.4, 0.5) is 30.7 Å². The van der Waals surface area contributed by atoms with Gasteiger partial charge in [0.1, 0.15) is 0 Å². The van der Waals surface area contributed by atoms with E-state index in [1.54, 1.807) is 0 Å². The van der Waals surface area contributed by atoms with Gasteiger partial charge < -0.3 is 0 Å². The summed E-state index contributed by atoms with van der Waals surface area (Å²) in [6, 6.07) is 0. The SMILES string of the molecule is FC(F)C1(F)C(F)(F)CSC1(F)F. The lowest BCUT2D eigenvalue weighted by atomic mass is 10.0. The molecule has 0 N–H and O–H groups in total. The molecule has 1 saturated heterocycles. The molecule has 0 amide bonds. The number of thioether (sulfide) groups is 1. The highest BCUT2D eigenvalue weighted by Crippen LogP contribution is 2.60. The predicted molar refractivity (Wildman–Crippen MR) is 32.2 cm³/mol. The van der Waals surface area contributed by atoms with Crippen molar-refractivity contribution in [2.75, 3.05) is 5.75 Å². The molecule has 1 atom stereocenters. The third-order valence-electron chi connectivity index (χ3n) is 1.69. The Morgan fingerprint density at radius 1 is 1.00 bits per heavy atom. The minimum Gasteiger partial charge on any atom is -0.223 e. The topological polar surface area (TPSA) is 0 Å². The third kappa shape index (κ3) is 1.21.